The van der Waals surface area contributed by atoms with Gasteiger partial charge in [-0.3, -0.25) is 4.18 Å². The van der Waals surface area contributed by atoms with Gasteiger partial charge in [0.25, 0.3) is 10.1 Å². The normalized spacial score (nSPS) is 12.1. The molecule has 7 nitrogen and oxygen atoms in total. The Labute approximate surface area is 122 Å². The predicted molar refractivity (Wildman–Crippen MR) is 79.8 cm³/mol. The first kappa shape index (κ1) is 15.2. The van der Waals surface area contributed by atoms with Crippen molar-refractivity contribution >= 4 is 32.3 Å². The second-order valence-corrected chi connectivity index (χ2v) is 5.86. The minimum Gasteiger partial charge on any atom is -0.505 e. The van der Waals surface area contributed by atoms with E-state index >= 15 is 0 Å². The smallest absolute Gasteiger partial charge is 0.299 e. The fourth-order valence-electron chi connectivity index (χ4n) is 1.98. The predicted octanol–water partition coefficient (Wildman–Crippen LogP) is 2.64. The maximum atomic E-state index is 12.0. The first-order chi connectivity index (χ1) is 9.94. The maximum absolute atomic E-state index is 12.0. The molecular formula is C13H15N3O4S. The zero-order valence-electron chi connectivity index (χ0n) is 11.8. The lowest BCUT2D eigenvalue weighted by atomic mass is 10.1. The summed E-state index contributed by atoms with van der Waals surface area (Å²) >= 11 is 0. The van der Waals surface area contributed by atoms with Gasteiger partial charge in [-0.15, -0.1) is 0 Å². The number of aromatic hydroxyl groups is 1. The SMILES string of the molecule is CN=Nc1c(S(=O)(=O)OC)cc2cc(NC)ccc2c1O. The molecular weight excluding hydrogens is 294 g/mol. The molecule has 0 saturated heterocycles. The molecule has 0 aliphatic heterocycles. The lowest BCUT2D eigenvalue weighted by Gasteiger charge is -2.11. The van der Waals surface area contributed by atoms with Gasteiger partial charge in [0.15, 0.2) is 5.75 Å². The van der Waals surface area contributed by atoms with Crippen molar-refractivity contribution in [1.29, 1.82) is 0 Å². The van der Waals surface area contributed by atoms with Gasteiger partial charge in [-0.25, -0.2) is 0 Å². The number of nitrogens with zero attached hydrogens (tertiary/aromatic N) is 2. The highest BCUT2D eigenvalue weighted by molar-refractivity contribution is 7.87. The number of anilines is 1. The molecule has 2 aromatic carbocycles. The van der Waals surface area contributed by atoms with E-state index in [1.165, 1.54) is 13.1 Å². The highest BCUT2D eigenvalue weighted by Crippen LogP contribution is 2.41. The minimum atomic E-state index is -4.02. The second-order valence-electron chi connectivity index (χ2n) is 4.18. The second kappa shape index (κ2) is 5.66. The van der Waals surface area contributed by atoms with Crippen LogP contribution in [0, 0.1) is 0 Å². The largest absolute Gasteiger partial charge is 0.505 e. The zero-order chi connectivity index (χ0) is 15.6. The molecule has 2 rings (SSSR count). The molecule has 0 aliphatic rings. The van der Waals surface area contributed by atoms with E-state index in [0.29, 0.717) is 10.8 Å². The molecule has 2 N–H and O–H groups in total. The lowest BCUT2D eigenvalue weighted by Crippen LogP contribution is -2.03. The Morgan fingerprint density at radius 1 is 1.29 bits per heavy atom. The highest BCUT2D eigenvalue weighted by Gasteiger charge is 2.23. The van der Waals surface area contributed by atoms with Crippen molar-refractivity contribution in [1.82, 2.24) is 0 Å². The van der Waals surface area contributed by atoms with Crippen LogP contribution in [0.25, 0.3) is 10.8 Å². The maximum Gasteiger partial charge on any atom is 0.299 e. The highest BCUT2D eigenvalue weighted by atomic mass is 32.2. The summed E-state index contributed by atoms with van der Waals surface area (Å²) in [6.45, 7) is 0. The summed E-state index contributed by atoms with van der Waals surface area (Å²) in [4.78, 5) is -0.228. The number of phenolic OH excluding ortho intramolecular Hbond substituents is 1. The van der Waals surface area contributed by atoms with Crippen LogP contribution in [0.2, 0.25) is 0 Å². The van der Waals surface area contributed by atoms with E-state index in [1.807, 2.05) is 0 Å². The first-order valence-electron chi connectivity index (χ1n) is 6.02. The third-order valence-corrected chi connectivity index (χ3v) is 4.32. The van der Waals surface area contributed by atoms with Gasteiger partial charge in [-0.05, 0) is 29.7 Å². The standard InChI is InChI=1S/C13H15N3O4S/c1-14-9-4-5-10-8(6-9)7-11(21(18,19)20-3)12(13(10)17)16-15-2/h4-7,14,17H,1-3H3. The summed E-state index contributed by atoms with van der Waals surface area (Å²) in [6.07, 6.45) is 0. The molecule has 0 fully saturated rings. The van der Waals surface area contributed by atoms with Gasteiger partial charge in [0.1, 0.15) is 10.6 Å². The Morgan fingerprint density at radius 2 is 2.00 bits per heavy atom. The molecule has 21 heavy (non-hydrogen) atoms. The van der Waals surface area contributed by atoms with Crippen LogP contribution >= 0.6 is 0 Å². The number of phenols is 1. The third kappa shape index (κ3) is 2.67. The molecule has 0 spiro atoms. The van der Waals surface area contributed by atoms with Crippen LogP contribution in [-0.4, -0.2) is 34.7 Å². The molecule has 0 bridgehead atoms. The van der Waals surface area contributed by atoms with Crippen LogP contribution in [0.5, 0.6) is 5.75 Å². The number of benzene rings is 2. The van der Waals surface area contributed by atoms with E-state index in [4.69, 9.17) is 0 Å². The summed E-state index contributed by atoms with van der Waals surface area (Å²) in [5.41, 5.74) is 0.650. The molecule has 8 heteroatoms. The van der Waals surface area contributed by atoms with Crippen molar-refractivity contribution in [2.24, 2.45) is 10.2 Å². The first-order valence-corrected chi connectivity index (χ1v) is 7.43. The summed E-state index contributed by atoms with van der Waals surface area (Å²) < 4.78 is 28.5. The summed E-state index contributed by atoms with van der Waals surface area (Å²) in [5.74, 6) is -0.253. The molecule has 112 valence electrons. The number of azo groups is 1. The van der Waals surface area contributed by atoms with Crippen LogP contribution in [0.15, 0.2) is 39.4 Å². The van der Waals surface area contributed by atoms with Crippen LogP contribution < -0.4 is 5.32 Å². The number of fused-ring (bicyclic) bond motifs is 1. The number of hydrogen-bond acceptors (Lipinski definition) is 7. The third-order valence-electron chi connectivity index (χ3n) is 3.03. The Kier molecular flexibility index (Phi) is 4.10. The zero-order valence-corrected chi connectivity index (χ0v) is 12.6. The summed E-state index contributed by atoms with van der Waals surface area (Å²) in [5, 5.41) is 21.5. The van der Waals surface area contributed by atoms with E-state index in [1.54, 1.807) is 25.2 Å². The Hall–Kier alpha value is -2.19. The Bertz CT molecular complexity index is 816. The van der Waals surface area contributed by atoms with Crippen molar-refractivity contribution in [3.8, 4) is 5.75 Å². The van der Waals surface area contributed by atoms with Crippen molar-refractivity contribution in [2.75, 3.05) is 26.5 Å². The van der Waals surface area contributed by atoms with Gasteiger partial charge in [0.05, 0.1) is 7.11 Å². The van der Waals surface area contributed by atoms with Crippen LogP contribution in [0.4, 0.5) is 11.4 Å². The molecule has 0 aliphatic carbocycles. The summed E-state index contributed by atoms with van der Waals surface area (Å²) in [7, 11) is 0.160. The molecule has 0 saturated carbocycles. The van der Waals surface area contributed by atoms with Crippen molar-refractivity contribution < 1.29 is 17.7 Å². The van der Waals surface area contributed by atoms with E-state index in [2.05, 4.69) is 19.7 Å². The molecule has 0 radical (unpaired) electrons. The minimum absolute atomic E-state index is 0.135. The topological polar surface area (TPSA) is 100 Å². The molecule has 2 aromatic rings. The van der Waals surface area contributed by atoms with E-state index < -0.39 is 10.1 Å². The molecule has 0 amide bonds. The Balaban J connectivity index is 2.91. The average molecular weight is 309 g/mol. The number of nitrogens with one attached hydrogen (secondary N) is 1. The summed E-state index contributed by atoms with van der Waals surface area (Å²) in [6, 6.07) is 6.56. The quantitative estimate of drug-likeness (QED) is 0.668. The van der Waals surface area contributed by atoms with Gasteiger partial charge in [-0.2, -0.15) is 18.6 Å². The fraction of sp³-hybridized carbons (Fsp3) is 0.231. The molecule has 0 heterocycles. The average Bonchev–Trinajstić information content (AvgIpc) is 2.49. The number of rotatable bonds is 4. The van der Waals surface area contributed by atoms with Crippen molar-refractivity contribution in [3.05, 3.63) is 24.3 Å². The van der Waals surface area contributed by atoms with E-state index in [-0.39, 0.29) is 16.3 Å². The number of hydrogen-bond donors (Lipinski definition) is 2. The van der Waals surface area contributed by atoms with Crippen molar-refractivity contribution in [2.45, 2.75) is 4.90 Å². The van der Waals surface area contributed by atoms with Gasteiger partial charge >= 0.3 is 0 Å². The molecule has 0 aromatic heterocycles. The Morgan fingerprint density at radius 3 is 2.57 bits per heavy atom. The van der Waals surface area contributed by atoms with E-state index in [0.717, 1.165) is 12.8 Å². The van der Waals surface area contributed by atoms with Gasteiger partial charge in [0, 0.05) is 25.2 Å². The van der Waals surface area contributed by atoms with E-state index in [9.17, 15) is 13.5 Å². The van der Waals surface area contributed by atoms with Gasteiger partial charge in [-0.1, -0.05) is 0 Å². The van der Waals surface area contributed by atoms with Crippen LogP contribution in [-0.2, 0) is 14.3 Å². The monoisotopic (exact) mass is 309 g/mol. The van der Waals surface area contributed by atoms with Crippen molar-refractivity contribution in [3.63, 3.8) is 0 Å². The fourth-order valence-corrected chi connectivity index (χ4v) is 2.81. The molecule has 0 atom stereocenters. The van der Waals surface area contributed by atoms with Crippen LogP contribution in [0.3, 0.4) is 0 Å². The van der Waals surface area contributed by atoms with Crippen LogP contribution in [0.1, 0.15) is 0 Å². The lowest BCUT2D eigenvalue weighted by molar-refractivity contribution is 0.397. The van der Waals surface area contributed by atoms with Gasteiger partial charge < -0.3 is 10.4 Å². The van der Waals surface area contributed by atoms with Gasteiger partial charge in [0.2, 0.25) is 0 Å². The molecule has 0 unspecified atom stereocenters.